The normalized spacial score (nSPS) is 18.7. The molecule has 0 spiro atoms. The van der Waals surface area contributed by atoms with Gasteiger partial charge in [0.1, 0.15) is 5.82 Å². The smallest absolute Gasteiger partial charge is 0.211 e. The number of aryl methyl sites for hydroxylation is 1. The molecule has 1 aliphatic heterocycles. The summed E-state index contributed by atoms with van der Waals surface area (Å²) in [6, 6.07) is 8.46. The Balaban J connectivity index is 1.71. The van der Waals surface area contributed by atoms with Gasteiger partial charge in [0.05, 0.1) is 36.5 Å². The van der Waals surface area contributed by atoms with E-state index in [0.717, 1.165) is 11.3 Å². The number of anilines is 2. The highest BCUT2D eigenvalue weighted by Gasteiger charge is 2.32. The summed E-state index contributed by atoms with van der Waals surface area (Å²) in [5, 5.41) is 3.07. The lowest BCUT2D eigenvalue weighted by Crippen LogP contribution is -2.56. The third-order valence-corrected chi connectivity index (χ3v) is 6.26. The third kappa shape index (κ3) is 5.72. The van der Waals surface area contributed by atoms with Gasteiger partial charge in [-0.05, 0) is 36.8 Å². The summed E-state index contributed by atoms with van der Waals surface area (Å²) in [6.45, 7) is 4.40. The van der Waals surface area contributed by atoms with Crippen LogP contribution in [-0.4, -0.2) is 68.3 Å². The Morgan fingerprint density at radius 1 is 1.28 bits per heavy atom. The molecule has 0 radical (unpaired) electrons. The van der Waals surface area contributed by atoms with Crippen molar-refractivity contribution in [3.05, 3.63) is 53.6 Å². The van der Waals surface area contributed by atoms with E-state index in [-0.39, 0.29) is 11.9 Å². The topological polar surface area (TPSA) is 74.8 Å². The first-order valence-electron chi connectivity index (χ1n) is 9.42. The standard InChI is InChI=1S/C20H27FN4O3S/c1-15-4-6-17(11-22-15)23-20-10-16(5-7-19(20)21)12-24-8-9-25(29(3,26)27)18(13-24)14-28-2/h4-7,10-11,18,23H,8-9,12-14H2,1-3H3/t18-/m1/s1. The number of nitrogens with one attached hydrogen (secondary N) is 1. The van der Waals surface area contributed by atoms with Crippen LogP contribution in [0.3, 0.4) is 0 Å². The van der Waals surface area contributed by atoms with E-state index >= 15 is 0 Å². The number of aromatic nitrogens is 1. The molecule has 7 nitrogen and oxygen atoms in total. The van der Waals surface area contributed by atoms with Crippen LogP contribution in [0.4, 0.5) is 15.8 Å². The second kappa shape index (κ2) is 9.17. The van der Waals surface area contributed by atoms with Gasteiger partial charge in [0.2, 0.25) is 10.0 Å². The molecular formula is C20H27FN4O3S. The molecule has 158 valence electrons. The Bertz CT molecular complexity index is 937. The van der Waals surface area contributed by atoms with Crippen LogP contribution in [0, 0.1) is 12.7 Å². The summed E-state index contributed by atoms with van der Waals surface area (Å²) in [7, 11) is -1.72. The van der Waals surface area contributed by atoms with Crippen LogP contribution in [0.15, 0.2) is 36.5 Å². The summed E-state index contributed by atoms with van der Waals surface area (Å²) in [5.74, 6) is -0.339. The number of methoxy groups -OCH3 is 1. The maximum absolute atomic E-state index is 14.3. The Morgan fingerprint density at radius 2 is 2.07 bits per heavy atom. The minimum Gasteiger partial charge on any atom is -0.383 e. The van der Waals surface area contributed by atoms with Gasteiger partial charge < -0.3 is 10.1 Å². The van der Waals surface area contributed by atoms with Crippen molar-refractivity contribution in [1.29, 1.82) is 0 Å². The predicted molar refractivity (Wildman–Crippen MR) is 111 cm³/mol. The lowest BCUT2D eigenvalue weighted by Gasteiger charge is -2.39. The molecule has 0 amide bonds. The van der Waals surface area contributed by atoms with Gasteiger partial charge >= 0.3 is 0 Å². The maximum Gasteiger partial charge on any atom is 0.211 e. The van der Waals surface area contributed by atoms with Crippen molar-refractivity contribution in [1.82, 2.24) is 14.2 Å². The number of benzene rings is 1. The molecule has 2 aromatic rings. The number of sulfonamides is 1. The quantitative estimate of drug-likeness (QED) is 0.738. The minimum absolute atomic E-state index is 0.236. The summed E-state index contributed by atoms with van der Waals surface area (Å²) in [5.41, 5.74) is 2.94. The number of nitrogens with zero attached hydrogens (tertiary/aromatic N) is 3. The van der Waals surface area contributed by atoms with Crippen molar-refractivity contribution >= 4 is 21.4 Å². The van der Waals surface area contributed by atoms with Crippen LogP contribution in [0.1, 0.15) is 11.3 Å². The number of rotatable bonds is 7. The van der Waals surface area contributed by atoms with Crippen LogP contribution in [-0.2, 0) is 21.3 Å². The fourth-order valence-corrected chi connectivity index (χ4v) is 4.62. The Labute approximate surface area is 171 Å². The van der Waals surface area contributed by atoms with Gasteiger partial charge in [0.25, 0.3) is 0 Å². The summed E-state index contributed by atoms with van der Waals surface area (Å²) in [6.07, 6.45) is 2.89. The molecule has 3 rings (SSSR count). The second-order valence-electron chi connectivity index (χ2n) is 7.35. The SMILES string of the molecule is COC[C@H]1CN(Cc2ccc(F)c(Nc3ccc(C)nc3)c2)CCN1S(C)(=O)=O. The first-order valence-corrected chi connectivity index (χ1v) is 11.3. The van der Waals surface area contributed by atoms with Crippen LogP contribution in [0.5, 0.6) is 0 Å². The van der Waals surface area contributed by atoms with Crippen molar-refractivity contribution in [3.63, 3.8) is 0 Å². The van der Waals surface area contributed by atoms with E-state index < -0.39 is 10.0 Å². The van der Waals surface area contributed by atoms with E-state index in [1.807, 2.05) is 19.1 Å². The number of hydrogen-bond acceptors (Lipinski definition) is 6. The zero-order chi connectivity index (χ0) is 21.0. The highest BCUT2D eigenvalue weighted by atomic mass is 32.2. The molecule has 29 heavy (non-hydrogen) atoms. The van der Waals surface area contributed by atoms with Crippen molar-refractivity contribution in [2.45, 2.75) is 19.5 Å². The summed E-state index contributed by atoms with van der Waals surface area (Å²) >= 11 is 0. The predicted octanol–water partition coefficient (Wildman–Crippen LogP) is 2.36. The molecule has 0 unspecified atom stereocenters. The molecule has 1 N–H and O–H groups in total. The highest BCUT2D eigenvalue weighted by Crippen LogP contribution is 2.23. The Morgan fingerprint density at radius 3 is 2.72 bits per heavy atom. The lowest BCUT2D eigenvalue weighted by atomic mass is 10.1. The van der Waals surface area contributed by atoms with Crippen molar-refractivity contribution in [2.75, 3.05) is 44.9 Å². The van der Waals surface area contributed by atoms with Gasteiger partial charge in [-0.15, -0.1) is 0 Å². The minimum atomic E-state index is -3.28. The van der Waals surface area contributed by atoms with Gasteiger partial charge in [-0.3, -0.25) is 9.88 Å². The molecular weight excluding hydrogens is 395 g/mol. The van der Waals surface area contributed by atoms with E-state index in [2.05, 4.69) is 15.2 Å². The number of pyridine rings is 1. The van der Waals surface area contributed by atoms with Crippen LogP contribution >= 0.6 is 0 Å². The highest BCUT2D eigenvalue weighted by molar-refractivity contribution is 7.88. The average Bonchev–Trinajstić information content (AvgIpc) is 2.66. The van der Waals surface area contributed by atoms with E-state index in [9.17, 15) is 12.8 Å². The van der Waals surface area contributed by atoms with Crippen LogP contribution in [0.2, 0.25) is 0 Å². The largest absolute Gasteiger partial charge is 0.383 e. The molecule has 0 saturated carbocycles. The van der Waals surface area contributed by atoms with Gasteiger partial charge in [0, 0.05) is 39.0 Å². The van der Waals surface area contributed by atoms with Crippen molar-refractivity contribution in [2.24, 2.45) is 0 Å². The van der Waals surface area contributed by atoms with E-state index in [0.29, 0.717) is 44.2 Å². The summed E-state index contributed by atoms with van der Waals surface area (Å²) in [4.78, 5) is 6.38. The Hall–Kier alpha value is -2.07. The first kappa shape index (κ1) is 21.6. The second-order valence-corrected chi connectivity index (χ2v) is 9.28. The average molecular weight is 423 g/mol. The van der Waals surface area contributed by atoms with E-state index in [1.165, 1.54) is 16.6 Å². The van der Waals surface area contributed by atoms with Crippen molar-refractivity contribution in [3.8, 4) is 0 Å². The molecule has 1 atom stereocenters. The summed E-state index contributed by atoms with van der Waals surface area (Å²) < 4.78 is 45.0. The number of ether oxygens (including phenoxy) is 1. The van der Waals surface area contributed by atoms with Crippen LogP contribution in [0.25, 0.3) is 0 Å². The monoisotopic (exact) mass is 422 g/mol. The number of piperazine rings is 1. The van der Waals surface area contributed by atoms with Gasteiger partial charge in [-0.1, -0.05) is 6.07 Å². The molecule has 9 heteroatoms. The molecule has 1 saturated heterocycles. The maximum atomic E-state index is 14.3. The zero-order valence-corrected chi connectivity index (χ0v) is 17.7. The lowest BCUT2D eigenvalue weighted by molar-refractivity contribution is 0.0666. The van der Waals surface area contributed by atoms with E-state index in [4.69, 9.17) is 4.74 Å². The third-order valence-electron chi connectivity index (χ3n) is 4.93. The molecule has 1 fully saturated rings. The van der Waals surface area contributed by atoms with Crippen molar-refractivity contribution < 1.29 is 17.5 Å². The van der Waals surface area contributed by atoms with E-state index in [1.54, 1.807) is 25.4 Å². The van der Waals surface area contributed by atoms with Gasteiger partial charge in [-0.25, -0.2) is 12.8 Å². The van der Waals surface area contributed by atoms with Gasteiger partial charge in [-0.2, -0.15) is 4.31 Å². The molecule has 0 aliphatic carbocycles. The Kier molecular flexibility index (Phi) is 6.84. The molecule has 1 aromatic carbocycles. The van der Waals surface area contributed by atoms with Crippen LogP contribution < -0.4 is 5.32 Å². The number of halogens is 1. The molecule has 1 aliphatic rings. The molecule has 2 heterocycles. The molecule has 0 bridgehead atoms. The fourth-order valence-electron chi connectivity index (χ4n) is 3.53. The zero-order valence-electron chi connectivity index (χ0n) is 16.9. The molecule has 1 aromatic heterocycles. The fraction of sp³-hybridized carbons (Fsp3) is 0.450. The number of hydrogen-bond donors (Lipinski definition) is 1. The van der Waals surface area contributed by atoms with Gasteiger partial charge in [0.15, 0.2) is 0 Å². The first-order chi connectivity index (χ1) is 13.8.